The predicted octanol–water partition coefficient (Wildman–Crippen LogP) is 0.130. The van der Waals surface area contributed by atoms with Gasteiger partial charge >= 0.3 is 5.97 Å². The molecule has 0 aromatic rings. The van der Waals surface area contributed by atoms with Crippen molar-refractivity contribution >= 4 is 11.9 Å². The summed E-state index contributed by atoms with van der Waals surface area (Å²) in [5.41, 5.74) is 11.4. The molecule has 26 heavy (non-hydrogen) atoms. The maximum atomic E-state index is 10.7. The molecule has 0 aliphatic carbocycles. The van der Waals surface area contributed by atoms with E-state index in [0.717, 1.165) is 7.11 Å². The number of rotatable bonds is 11. The number of aliphatic hydroxyl groups is 1. The number of carbonyl (C=O) groups excluding carboxylic acids is 1. The van der Waals surface area contributed by atoms with Crippen LogP contribution in [0.3, 0.4) is 0 Å². The van der Waals surface area contributed by atoms with E-state index in [1.54, 1.807) is 6.92 Å². The van der Waals surface area contributed by atoms with Crippen LogP contribution in [-0.4, -0.2) is 89.1 Å². The van der Waals surface area contributed by atoms with Crippen LogP contribution in [0.25, 0.3) is 5.73 Å². The first kappa shape index (κ1) is 34.8. The molecule has 5 N–H and O–H groups in total. The average molecular weight is 627 g/mol. The van der Waals surface area contributed by atoms with Gasteiger partial charge in [-0.25, -0.2) is 0 Å². The third-order valence-electron chi connectivity index (χ3n) is 1.68. The van der Waals surface area contributed by atoms with E-state index in [-0.39, 0.29) is 12.4 Å². The van der Waals surface area contributed by atoms with Crippen molar-refractivity contribution in [3.05, 3.63) is 12.7 Å². The Balaban J connectivity index is -0.000000124. The molecule has 0 atom stereocenters. The molecule has 0 fully saturated rings. The fourth-order valence-corrected chi connectivity index (χ4v) is 0.883. The van der Waals surface area contributed by atoms with E-state index in [1.807, 2.05) is 0 Å². The van der Waals surface area contributed by atoms with E-state index >= 15 is 0 Å². The fourth-order valence-electron chi connectivity index (χ4n) is 0.883. The van der Waals surface area contributed by atoms with Gasteiger partial charge in [0.1, 0.15) is 0 Å². The van der Waals surface area contributed by atoms with Crippen molar-refractivity contribution in [2.45, 2.75) is 13.3 Å². The Morgan fingerprint density at radius 2 is 1.31 bits per heavy atom. The molecule has 0 spiro atoms. The van der Waals surface area contributed by atoms with E-state index in [1.165, 1.54) is 7.11 Å². The number of nitrogens with one attached hydrogen (secondary N) is 1. The molecule has 11 heteroatoms. The maximum absolute atomic E-state index is 10.7. The summed E-state index contributed by atoms with van der Waals surface area (Å²) in [5.74, 6) is -1.35. The SMILES string of the molecule is CC[NH-].CO.COC(=O)CCOCCOCCOCCN.[CH2-]C(=O)O.[Fm]. The van der Waals surface area contributed by atoms with Crippen LogP contribution in [-0.2, 0) is 28.5 Å². The summed E-state index contributed by atoms with van der Waals surface area (Å²) in [5, 5.41) is 14.3. The quantitative estimate of drug-likeness (QED) is 0.164. The molecule has 0 unspecified atom stereocenters. The number of carboxylic acid groups (broad SMARTS) is 1. The van der Waals surface area contributed by atoms with Crippen molar-refractivity contribution in [1.82, 2.24) is 0 Å². The number of hydrogen-bond donors (Lipinski definition) is 3. The number of ether oxygens (including phenoxy) is 4. The number of carbonyl (C=O) groups is 2. The molecule has 0 aromatic heterocycles. The summed E-state index contributed by atoms with van der Waals surface area (Å²) in [4.78, 5) is 19.6. The Morgan fingerprint density at radius 1 is 1.00 bits per heavy atom. The van der Waals surface area contributed by atoms with Gasteiger partial charge in [-0.1, -0.05) is 6.92 Å². The summed E-state index contributed by atoms with van der Waals surface area (Å²) in [6.45, 7) is 8.32. The third kappa shape index (κ3) is 68.2. The number of esters is 1. The van der Waals surface area contributed by atoms with Crippen molar-refractivity contribution in [2.75, 3.05) is 67.0 Å². The number of aliphatic carboxylic acids is 1. The monoisotopic (exact) mass is 627 g/mol. The van der Waals surface area contributed by atoms with E-state index < -0.39 is 5.97 Å². The Kier molecular flexibility index (Phi) is 51.2. The number of aliphatic hydroxyl groups excluding tert-OH is 1. The molecule has 0 aliphatic rings. The zero-order chi connectivity index (χ0) is 20.3. The molecule has 0 bridgehead atoms. The van der Waals surface area contributed by atoms with E-state index in [4.69, 9.17) is 40.7 Å². The Bertz CT molecular complexity index is 258. The number of nitrogens with two attached hydrogens (primary N) is 1. The average Bonchev–Trinajstić information content (AvgIpc) is 2.58. The molecule has 10 nitrogen and oxygen atoms in total. The topological polar surface area (TPSA) is 161 Å². The van der Waals surface area contributed by atoms with Crippen LogP contribution < -0.4 is 5.73 Å². The van der Waals surface area contributed by atoms with Crippen LogP contribution in [0.4, 0.5) is 0 Å². The van der Waals surface area contributed by atoms with Crippen LogP contribution in [0.1, 0.15) is 13.3 Å². The summed E-state index contributed by atoms with van der Waals surface area (Å²) in [7, 11) is 2.35. The first-order valence-corrected chi connectivity index (χ1v) is 7.60. The van der Waals surface area contributed by atoms with Crippen molar-refractivity contribution < 1.29 is 38.7 Å². The van der Waals surface area contributed by atoms with Gasteiger partial charge in [0.2, 0.25) is 0 Å². The van der Waals surface area contributed by atoms with Gasteiger partial charge in [-0.3, -0.25) is 16.5 Å². The Labute approximate surface area is 150 Å². The summed E-state index contributed by atoms with van der Waals surface area (Å²) < 4.78 is 19.9. The second kappa shape index (κ2) is 38.2. The van der Waals surface area contributed by atoms with Crippen molar-refractivity contribution in [3.8, 4) is 0 Å². The largest absolute Gasteiger partial charge is 0.678 e. The van der Waals surface area contributed by atoms with Crippen LogP contribution in [0.2, 0.25) is 0 Å². The number of methoxy groups -OCH3 is 1. The van der Waals surface area contributed by atoms with Crippen LogP contribution in [0.15, 0.2) is 0 Å². The second-order valence-electron chi connectivity index (χ2n) is 3.70. The first-order chi connectivity index (χ1) is 12.0. The normalized spacial score (nSPS) is 8.23. The Morgan fingerprint density at radius 3 is 1.62 bits per heavy atom. The summed E-state index contributed by atoms with van der Waals surface area (Å²) in [6.07, 6.45) is 0.274. The molecule has 0 amide bonds. The van der Waals surface area contributed by atoms with Gasteiger partial charge in [0.25, 0.3) is 0 Å². The molecule has 0 rings (SSSR count). The number of hydrogen-bond acceptors (Lipinski definition) is 8. The second-order valence-corrected chi connectivity index (χ2v) is 3.70. The third-order valence-corrected chi connectivity index (χ3v) is 1.68. The Hall–Kier alpha value is -2.43. The first-order valence-electron chi connectivity index (χ1n) is 7.60. The minimum Gasteiger partial charge on any atom is -0.678 e. The van der Waals surface area contributed by atoms with Crippen LogP contribution >= 0.6 is 0 Å². The number of carboxylic acids is 1. The minimum absolute atomic E-state index is 0. The van der Waals surface area contributed by atoms with Crippen molar-refractivity contribution in [2.24, 2.45) is 5.73 Å². The zero-order valence-corrected chi connectivity index (χ0v) is 18.2. The zero-order valence-electron chi connectivity index (χ0n) is 15.8. The van der Waals surface area contributed by atoms with Gasteiger partial charge in [-0.15, -0.1) is 0 Å². The summed E-state index contributed by atoms with van der Waals surface area (Å²) in [6, 6.07) is 0. The maximum Gasteiger partial charge on any atom is 0.307 e. The van der Waals surface area contributed by atoms with Gasteiger partial charge in [0.15, 0.2) is 5.97 Å². The molecule has 166 valence electrons. The molecule has 0 heterocycles. The van der Waals surface area contributed by atoms with E-state index in [9.17, 15) is 4.79 Å². The van der Waals surface area contributed by atoms with Gasteiger partial charge < -0.3 is 40.6 Å². The van der Waals surface area contributed by atoms with Gasteiger partial charge in [0.05, 0.1) is 53.2 Å². The van der Waals surface area contributed by atoms with E-state index in [2.05, 4.69) is 11.7 Å². The molecule has 0 radical (unpaired) electrons. The molecule has 0 aliphatic heterocycles. The molecular formula is C15H34FmN2O8-2. The van der Waals surface area contributed by atoms with Crippen molar-refractivity contribution in [1.29, 1.82) is 0 Å². The molecule has 0 saturated heterocycles. The van der Waals surface area contributed by atoms with Crippen LogP contribution in [0.5, 0.6) is 0 Å². The minimum atomic E-state index is -1.08. The van der Waals surface area contributed by atoms with Gasteiger partial charge in [0, 0.05) is 13.7 Å². The summed E-state index contributed by atoms with van der Waals surface area (Å²) >= 11 is 0. The van der Waals surface area contributed by atoms with Crippen molar-refractivity contribution in [3.63, 3.8) is 0 Å². The smallest absolute Gasteiger partial charge is 0.307 e. The van der Waals surface area contributed by atoms with Gasteiger partial charge in [-0.2, -0.15) is 6.54 Å². The molecule has 0 saturated carbocycles. The standard InChI is InChI=1S/C10H21NO5.C2H6N.C2H3O2.CH4O.Fm/c1-13-10(12)2-4-14-6-8-16-9-7-15-5-3-11;1-2-3;1-2(3)4;1-2;/h2-9,11H2,1H3;3H,2H2,1H3;1H2,(H,3,4);2H,1H3;/q;2*-1;;. The molecular weight excluding hydrogens is 593 g/mol. The van der Waals surface area contributed by atoms with Crippen LogP contribution in [0, 0.1) is 6.92 Å². The van der Waals surface area contributed by atoms with Gasteiger partial charge in [-0.05, 0) is 0 Å². The predicted molar refractivity (Wildman–Crippen MR) is 94.1 cm³/mol. The fraction of sp³-hybridized carbons (Fsp3) is 0.800. The molecule has 0 aromatic carbocycles. The van der Waals surface area contributed by atoms with E-state index in [0.29, 0.717) is 52.7 Å².